The summed E-state index contributed by atoms with van der Waals surface area (Å²) in [5, 5.41) is 4.55. The number of aromatic nitrogens is 3. The van der Waals surface area contributed by atoms with Gasteiger partial charge in [-0.1, -0.05) is 151 Å². The van der Waals surface area contributed by atoms with E-state index in [9.17, 15) is 0 Å². The lowest BCUT2D eigenvalue weighted by atomic mass is 10.0. The maximum Gasteiger partial charge on any atom is 0.167 e. The molecule has 7 aromatic carbocycles. The molecule has 0 bridgehead atoms. The van der Waals surface area contributed by atoms with Crippen molar-refractivity contribution in [3.05, 3.63) is 163 Å². The molecule has 0 spiro atoms. The van der Waals surface area contributed by atoms with E-state index in [0.717, 1.165) is 66.1 Å². The molecule has 0 atom stereocenters. The minimum absolute atomic E-state index is 0.513. The van der Waals surface area contributed by atoms with Gasteiger partial charge in [0.05, 0.1) is 10.6 Å². The lowest BCUT2D eigenvalue weighted by Crippen LogP contribution is -2.00. The number of furan rings is 1. The summed E-state index contributed by atoms with van der Waals surface area (Å²) < 4.78 is 6.67. The number of rotatable bonds is 5. The molecule has 0 radical (unpaired) electrons. The molecular weight excluding hydrogens is 610 g/mol. The Balaban J connectivity index is 1.23. The van der Waals surface area contributed by atoms with Crippen molar-refractivity contribution >= 4 is 44.3 Å². The minimum atomic E-state index is 0.513. The molecule has 0 amide bonds. The fourth-order valence-corrected chi connectivity index (χ4v) is 6.63. The second kappa shape index (κ2) is 11.6. The smallest absolute Gasteiger partial charge is 0.167 e. The summed E-state index contributed by atoms with van der Waals surface area (Å²) in [5.74, 6) is 1.66. The predicted molar refractivity (Wildman–Crippen MR) is 197 cm³/mol. The number of hydrogen-bond acceptors (Lipinski definition) is 4. The van der Waals surface area contributed by atoms with Crippen LogP contribution in [0.5, 0.6) is 0 Å². The van der Waals surface area contributed by atoms with Gasteiger partial charge in [0.1, 0.15) is 11.2 Å². The molecule has 0 aliphatic rings. The Morgan fingerprint density at radius 1 is 0.375 bits per heavy atom. The van der Waals surface area contributed by atoms with Gasteiger partial charge in [-0.25, -0.2) is 15.0 Å². The third-order valence-electron chi connectivity index (χ3n) is 8.84. The van der Waals surface area contributed by atoms with Crippen LogP contribution in [0.15, 0.2) is 162 Å². The number of halogens is 1. The van der Waals surface area contributed by atoms with Crippen molar-refractivity contribution in [2.75, 3.05) is 0 Å². The van der Waals surface area contributed by atoms with Crippen molar-refractivity contribution in [3.8, 4) is 56.4 Å². The van der Waals surface area contributed by atoms with Crippen LogP contribution in [0.3, 0.4) is 0 Å². The Labute approximate surface area is 282 Å². The molecule has 0 unspecified atom stereocenters. The van der Waals surface area contributed by atoms with Gasteiger partial charge in [-0.3, -0.25) is 0 Å². The molecule has 5 heteroatoms. The average molecular weight is 636 g/mol. The maximum absolute atomic E-state index is 6.86. The normalized spacial score (nSPS) is 11.4. The van der Waals surface area contributed by atoms with Gasteiger partial charge in [0.25, 0.3) is 0 Å². The van der Waals surface area contributed by atoms with Gasteiger partial charge in [0, 0.05) is 27.3 Å². The first-order valence-corrected chi connectivity index (χ1v) is 16.2. The van der Waals surface area contributed by atoms with Gasteiger partial charge in [-0.2, -0.15) is 0 Å². The fraction of sp³-hybridized carbons (Fsp3) is 0. The predicted octanol–water partition coefficient (Wildman–Crippen LogP) is 11.9. The maximum atomic E-state index is 6.86. The van der Waals surface area contributed by atoms with Gasteiger partial charge in [0.2, 0.25) is 0 Å². The van der Waals surface area contributed by atoms with E-state index in [4.69, 9.17) is 31.0 Å². The SMILES string of the molecule is Clc1ccc(-c2nc(-c3ccc(-c4ccccc4)cc3)nc(-c3ccc(-c4ccccc4)cc3)n2)c2oc3c4ccccc4ccc3c12. The molecule has 0 N–H and O–H groups in total. The first-order chi connectivity index (χ1) is 23.7. The molecule has 4 nitrogen and oxygen atoms in total. The van der Waals surface area contributed by atoms with E-state index in [1.165, 1.54) is 0 Å². The van der Waals surface area contributed by atoms with Gasteiger partial charge >= 0.3 is 0 Å². The van der Waals surface area contributed by atoms with Gasteiger partial charge in [-0.05, 0) is 45.8 Å². The van der Waals surface area contributed by atoms with Crippen molar-refractivity contribution in [2.45, 2.75) is 0 Å². The zero-order valence-electron chi connectivity index (χ0n) is 25.6. The van der Waals surface area contributed by atoms with Gasteiger partial charge < -0.3 is 4.42 Å². The summed E-state index contributed by atoms with van der Waals surface area (Å²) in [6.07, 6.45) is 0. The number of hydrogen-bond donors (Lipinski definition) is 0. The summed E-state index contributed by atoms with van der Waals surface area (Å²) in [6, 6.07) is 53.6. The highest BCUT2D eigenvalue weighted by atomic mass is 35.5. The van der Waals surface area contributed by atoms with E-state index < -0.39 is 0 Å². The summed E-state index contributed by atoms with van der Waals surface area (Å²) in [5.41, 5.74) is 8.53. The van der Waals surface area contributed by atoms with Crippen LogP contribution < -0.4 is 0 Å². The van der Waals surface area contributed by atoms with Crippen LogP contribution in [0.2, 0.25) is 5.02 Å². The molecule has 9 rings (SSSR count). The van der Waals surface area contributed by atoms with Crippen LogP contribution in [-0.2, 0) is 0 Å². The number of benzene rings is 7. The summed E-state index contributed by atoms with van der Waals surface area (Å²) in [7, 11) is 0. The van der Waals surface area contributed by atoms with Crippen LogP contribution in [0.1, 0.15) is 0 Å². The first kappa shape index (κ1) is 28.1. The monoisotopic (exact) mass is 635 g/mol. The van der Waals surface area contributed by atoms with Crippen molar-refractivity contribution < 1.29 is 4.42 Å². The lowest BCUT2D eigenvalue weighted by molar-refractivity contribution is 0.673. The van der Waals surface area contributed by atoms with Crippen molar-refractivity contribution in [1.29, 1.82) is 0 Å². The quantitative estimate of drug-likeness (QED) is 0.189. The largest absolute Gasteiger partial charge is 0.455 e. The highest BCUT2D eigenvalue weighted by molar-refractivity contribution is 6.39. The molecule has 0 aliphatic carbocycles. The summed E-state index contributed by atoms with van der Waals surface area (Å²) in [6.45, 7) is 0. The lowest BCUT2D eigenvalue weighted by Gasteiger charge is -2.10. The molecule has 0 fully saturated rings. The zero-order valence-corrected chi connectivity index (χ0v) is 26.4. The van der Waals surface area contributed by atoms with Crippen LogP contribution >= 0.6 is 11.6 Å². The number of fused-ring (bicyclic) bond motifs is 5. The average Bonchev–Trinajstić information content (AvgIpc) is 3.57. The second-order valence-corrected chi connectivity index (χ2v) is 12.2. The zero-order chi connectivity index (χ0) is 32.0. The molecule has 9 aromatic rings. The van der Waals surface area contributed by atoms with E-state index in [0.29, 0.717) is 28.1 Å². The second-order valence-electron chi connectivity index (χ2n) is 11.8. The molecule has 2 aromatic heterocycles. The molecular formula is C43H26ClN3O. The first-order valence-electron chi connectivity index (χ1n) is 15.8. The van der Waals surface area contributed by atoms with Crippen LogP contribution in [0.25, 0.3) is 89.1 Å². The Morgan fingerprint density at radius 3 is 1.48 bits per heavy atom. The standard InChI is InChI=1S/C43H26ClN3O/c44-37-26-25-36(40-38(37)35-24-23-31-13-7-8-14-34(31)39(35)48-40)43-46-41(32-19-15-29(16-20-32)27-9-3-1-4-10-27)45-42(47-43)33-21-17-30(18-22-33)28-11-5-2-6-12-28/h1-26H. The van der Waals surface area contributed by atoms with Crippen LogP contribution in [-0.4, -0.2) is 15.0 Å². The van der Waals surface area contributed by atoms with Crippen LogP contribution in [0.4, 0.5) is 0 Å². The molecule has 226 valence electrons. The van der Waals surface area contributed by atoms with Crippen LogP contribution in [0, 0.1) is 0 Å². The van der Waals surface area contributed by atoms with E-state index in [1.54, 1.807) is 0 Å². The van der Waals surface area contributed by atoms with Crippen molar-refractivity contribution in [1.82, 2.24) is 15.0 Å². The van der Waals surface area contributed by atoms with Gasteiger partial charge in [0.15, 0.2) is 17.5 Å². The molecule has 0 saturated heterocycles. The Hall–Kier alpha value is -6.10. The molecule has 0 saturated carbocycles. The Morgan fingerprint density at radius 2 is 0.875 bits per heavy atom. The Kier molecular flexibility index (Phi) is 6.81. The fourth-order valence-electron chi connectivity index (χ4n) is 6.38. The summed E-state index contributed by atoms with van der Waals surface area (Å²) >= 11 is 6.86. The highest BCUT2D eigenvalue weighted by Gasteiger charge is 2.20. The van der Waals surface area contributed by atoms with E-state index in [2.05, 4.69) is 97.1 Å². The minimum Gasteiger partial charge on any atom is -0.455 e. The topological polar surface area (TPSA) is 51.8 Å². The number of nitrogens with zero attached hydrogens (tertiary/aromatic N) is 3. The van der Waals surface area contributed by atoms with E-state index in [1.807, 2.05) is 60.7 Å². The third-order valence-corrected chi connectivity index (χ3v) is 9.15. The Bertz CT molecular complexity index is 2500. The third kappa shape index (κ3) is 4.91. The highest BCUT2D eigenvalue weighted by Crippen LogP contribution is 2.42. The van der Waals surface area contributed by atoms with Gasteiger partial charge in [-0.15, -0.1) is 0 Å². The molecule has 0 aliphatic heterocycles. The van der Waals surface area contributed by atoms with Crippen molar-refractivity contribution in [3.63, 3.8) is 0 Å². The molecule has 2 heterocycles. The molecule has 48 heavy (non-hydrogen) atoms. The van der Waals surface area contributed by atoms with E-state index >= 15 is 0 Å². The summed E-state index contributed by atoms with van der Waals surface area (Å²) in [4.78, 5) is 15.1. The van der Waals surface area contributed by atoms with E-state index in [-0.39, 0.29) is 0 Å². The van der Waals surface area contributed by atoms with Crippen molar-refractivity contribution in [2.24, 2.45) is 0 Å².